The molecule has 0 unspecified atom stereocenters. The van der Waals surface area contributed by atoms with E-state index >= 15 is 0 Å². The molecule has 0 saturated heterocycles. The van der Waals surface area contributed by atoms with Crippen LogP contribution in [-0.2, 0) is 12.8 Å². The van der Waals surface area contributed by atoms with Crippen molar-refractivity contribution >= 4 is 17.4 Å². The smallest absolute Gasteiger partial charge is 0.147 e. The van der Waals surface area contributed by atoms with Crippen molar-refractivity contribution in [3.8, 4) is 0 Å². The van der Waals surface area contributed by atoms with Crippen LogP contribution in [0, 0.1) is 5.82 Å². The van der Waals surface area contributed by atoms with Gasteiger partial charge >= 0.3 is 0 Å². The largest absolute Gasteiger partial charge is 0.396 e. The Morgan fingerprint density at radius 2 is 2.31 bits per heavy atom. The van der Waals surface area contributed by atoms with Crippen molar-refractivity contribution in [3.05, 3.63) is 42.2 Å². The third kappa shape index (κ3) is 2.36. The summed E-state index contributed by atoms with van der Waals surface area (Å²) in [5, 5.41) is 0. The predicted molar refractivity (Wildman–Crippen MR) is 63.6 cm³/mol. The molecule has 0 radical (unpaired) electrons. The maximum absolute atomic E-state index is 13.2. The summed E-state index contributed by atoms with van der Waals surface area (Å²) in [6.07, 6.45) is 3.64. The normalized spacial score (nSPS) is 10.6. The molecule has 2 N–H and O–H groups in total. The molecule has 0 amide bonds. The van der Waals surface area contributed by atoms with Crippen LogP contribution in [0.3, 0.4) is 0 Å². The van der Waals surface area contributed by atoms with Crippen molar-refractivity contribution in [2.24, 2.45) is 7.05 Å². The number of thioether (sulfide) groups is 1. The highest BCUT2D eigenvalue weighted by atomic mass is 32.2. The van der Waals surface area contributed by atoms with Gasteiger partial charge in [-0.1, -0.05) is 0 Å². The monoisotopic (exact) mass is 237 g/mol. The molecule has 0 spiro atoms. The zero-order valence-electron chi connectivity index (χ0n) is 8.85. The molecule has 84 valence electrons. The average molecular weight is 237 g/mol. The third-order valence-corrected chi connectivity index (χ3v) is 3.25. The van der Waals surface area contributed by atoms with Gasteiger partial charge in [-0.3, -0.25) is 0 Å². The van der Waals surface area contributed by atoms with E-state index < -0.39 is 0 Å². The number of halogens is 1. The Bertz CT molecular complexity index is 496. The number of nitrogens with two attached hydrogens (primary N) is 1. The van der Waals surface area contributed by atoms with E-state index in [-0.39, 0.29) is 11.5 Å². The SMILES string of the molecule is Cn1ccnc1CSc1ccc(N)c(F)c1. The zero-order chi connectivity index (χ0) is 11.5. The Balaban J connectivity index is 2.05. The standard InChI is InChI=1S/C11H12FN3S/c1-15-5-4-14-11(15)7-16-8-2-3-10(13)9(12)6-8/h2-6H,7,13H2,1H3. The lowest BCUT2D eigenvalue weighted by Crippen LogP contribution is -1.95. The Labute approximate surface area is 97.5 Å². The quantitative estimate of drug-likeness (QED) is 0.658. The first-order chi connectivity index (χ1) is 7.66. The van der Waals surface area contributed by atoms with Gasteiger partial charge in [-0.05, 0) is 18.2 Å². The van der Waals surface area contributed by atoms with Crippen molar-refractivity contribution < 1.29 is 4.39 Å². The van der Waals surface area contributed by atoms with Crippen LogP contribution in [0.2, 0.25) is 0 Å². The van der Waals surface area contributed by atoms with Gasteiger partial charge in [0.05, 0.1) is 11.4 Å². The molecule has 0 fully saturated rings. The van der Waals surface area contributed by atoms with Gasteiger partial charge in [0.25, 0.3) is 0 Å². The summed E-state index contributed by atoms with van der Waals surface area (Å²) in [5.74, 6) is 1.31. The predicted octanol–water partition coefficient (Wildman–Crippen LogP) is 2.43. The maximum Gasteiger partial charge on any atom is 0.147 e. The number of hydrogen-bond acceptors (Lipinski definition) is 3. The molecule has 0 saturated carbocycles. The molecular formula is C11H12FN3S. The highest BCUT2D eigenvalue weighted by molar-refractivity contribution is 7.98. The zero-order valence-corrected chi connectivity index (χ0v) is 9.67. The number of rotatable bonds is 3. The molecule has 1 aromatic heterocycles. The summed E-state index contributed by atoms with van der Waals surface area (Å²) in [7, 11) is 1.94. The van der Waals surface area contributed by atoms with E-state index in [0.29, 0.717) is 5.75 Å². The lowest BCUT2D eigenvalue weighted by molar-refractivity contribution is 0.629. The molecule has 16 heavy (non-hydrogen) atoms. The molecule has 1 aromatic carbocycles. The number of anilines is 1. The first kappa shape index (κ1) is 11.0. The first-order valence-electron chi connectivity index (χ1n) is 4.81. The molecule has 1 heterocycles. The van der Waals surface area contributed by atoms with Crippen molar-refractivity contribution in [1.29, 1.82) is 0 Å². The van der Waals surface area contributed by atoms with Crippen LogP contribution in [0.1, 0.15) is 5.82 Å². The molecule has 0 aliphatic heterocycles. The summed E-state index contributed by atoms with van der Waals surface area (Å²) in [6, 6.07) is 4.84. The van der Waals surface area contributed by atoms with Crippen molar-refractivity contribution in [2.75, 3.05) is 5.73 Å². The van der Waals surface area contributed by atoms with Gasteiger partial charge in [0.2, 0.25) is 0 Å². The molecule has 3 nitrogen and oxygen atoms in total. The third-order valence-electron chi connectivity index (χ3n) is 2.26. The summed E-state index contributed by atoms with van der Waals surface area (Å²) in [4.78, 5) is 5.05. The Hall–Kier alpha value is -1.49. The van der Waals surface area contributed by atoms with Gasteiger partial charge in [-0.2, -0.15) is 0 Å². The van der Waals surface area contributed by atoms with Crippen LogP contribution in [0.4, 0.5) is 10.1 Å². The molecule has 2 aromatic rings. The fraction of sp³-hybridized carbons (Fsp3) is 0.182. The van der Waals surface area contributed by atoms with Crippen LogP contribution in [0.25, 0.3) is 0 Å². The number of benzene rings is 1. The molecule has 0 atom stereocenters. The Kier molecular flexibility index (Phi) is 3.14. The average Bonchev–Trinajstić information content (AvgIpc) is 2.66. The molecule has 0 bridgehead atoms. The lowest BCUT2D eigenvalue weighted by atomic mass is 10.3. The van der Waals surface area contributed by atoms with Gasteiger partial charge in [-0.15, -0.1) is 11.8 Å². The van der Waals surface area contributed by atoms with Gasteiger partial charge in [0, 0.05) is 24.3 Å². The van der Waals surface area contributed by atoms with E-state index in [9.17, 15) is 4.39 Å². The van der Waals surface area contributed by atoms with Crippen LogP contribution in [0.5, 0.6) is 0 Å². The summed E-state index contributed by atoms with van der Waals surface area (Å²) in [6.45, 7) is 0. The second-order valence-electron chi connectivity index (χ2n) is 3.43. The molecular weight excluding hydrogens is 225 g/mol. The molecule has 0 aliphatic carbocycles. The highest BCUT2D eigenvalue weighted by Crippen LogP contribution is 2.24. The van der Waals surface area contributed by atoms with E-state index in [1.165, 1.54) is 17.8 Å². The van der Waals surface area contributed by atoms with E-state index in [4.69, 9.17) is 5.73 Å². The molecule has 2 rings (SSSR count). The van der Waals surface area contributed by atoms with Gasteiger partial charge in [-0.25, -0.2) is 9.37 Å². The maximum atomic E-state index is 13.2. The number of nitrogen functional groups attached to an aromatic ring is 1. The molecule has 5 heteroatoms. The van der Waals surface area contributed by atoms with Crippen LogP contribution >= 0.6 is 11.8 Å². The minimum atomic E-state index is -0.371. The van der Waals surface area contributed by atoms with E-state index in [2.05, 4.69) is 4.98 Å². The summed E-state index contributed by atoms with van der Waals surface area (Å²) >= 11 is 1.54. The number of imidazole rings is 1. The fourth-order valence-corrected chi connectivity index (χ4v) is 2.21. The summed E-state index contributed by atoms with van der Waals surface area (Å²) < 4.78 is 15.1. The fourth-order valence-electron chi connectivity index (χ4n) is 1.28. The number of aryl methyl sites for hydroxylation is 1. The van der Waals surface area contributed by atoms with Crippen molar-refractivity contribution in [3.63, 3.8) is 0 Å². The number of hydrogen-bond donors (Lipinski definition) is 1. The van der Waals surface area contributed by atoms with Gasteiger partial charge in [0.1, 0.15) is 11.6 Å². The van der Waals surface area contributed by atoms with E-state index in [0.717, 1.165) is 10.7 Å². The van der Waals surface area contributed by atoms with Gasteiger partial charge in [0.15, 0.2) is 0 Å². The Morgan fingerprint density at radius 3 is 2.94 bits per heavy atom. The second-order valence-corrected chi connectivity index (χ2v) is 4.48. The van der Waals surface area contributed by atoms with Crippen molar-refractivity contribution in [1.82, 2.24) is 9.55 Å². The second kappa shape index (κ2) is 4.57. The van der Waals surface area contributed by atoms with E-state index in [1.807, 2.05) is 23.9 Å². The van der Waals surface area contributed by atoms with Crippen LogP contribution in [0.15, 0.2) is 35.5 Å². The number of nitrogens with zero attached hydrogens (tertiary/aromatic N) is 2. The minimum Gasteiger partial charge on any atom is -0.396 e. The van der Waals surface area contributed by atoms with Crippen LogP contribution in [-0.4, -0.2) is 9.55 Å². The van der Waals surface area contributed by atoms with Gasteiger partial charge < -0.3 is 10.3 Å². The molecule has 0 aliphatic rings. The first-order valence-corrected chi connectivity index (χ1v) is 5.79. The Morgan fingerprint density at radius 1 is 1.50 bits per heavy atom. The minimum absolute atomic E-state index is 0.182. The number of aromatic nitrogens is 2. The van der Waals surface area contributed by atoms with Crippen LogP contribution < -0.4 is 5.73 Å². The highest BCUT2D eigenvalue weighted by Gasteiger charge is 2.03. The topological polar surface area (TPSA) is 43.8 Å². The lowest BCUT2D eigenvalue weighted by Gasteiger charge is -2.03. The summed E-state index contributed by atoms with van der Waals surface area (Å²) in [5.41, 5.74) is 5.58. The van der Waals surface area contributed by atoms with E-state index in [1.54, 1.807) is 12.3 Å². The van der Waals surface area contributed by atoms with Crippen molar-refractivity contribution in [2.45, 2.75) is 10.6 Å².